The van der Waals surface area contributed by atoms with Gasteiger partial charge in [-0.3, -0.25) is 0 Å². The quantitative estimate of drug-likeness (QED) is 0.765. The number of anilines is 2. The van der Waals surface area contributed by atoms with Crippen molar-refractivity contribution in [3.8, 4) is 0 Å². The minimum Gasteiger partial charge on any atom is -0.478 e. The van der Waals surface area contributed by atoms with Crippen LogP contribution in [0.25, 0.3) is 0 Å². The molecule has 1 aromatic rings. The molecule has 90 valence electrons. The Morgan fingerprint density at radius 1 is 1.41 bits per heavy atom. The lowest BCUT2D eigenvalue weighted by Gasteiger charge is -2.29. The Morgan fingerprint density at radius 3 is 2.76 bits per heavy atom. The standard InChI is InChI=1S/C13H16N2O2/c14-12-6-10(3-4-11(12)13(16)17)15-7-8-1-2-9(15)5-8/h3-4,6,8-9H,1-2,5,7,14H2,(H,16,17). The number of rotatable bonds is 2. The number of aromatic carboxylic acids is 1. The summed E-state index contributed by atoms with van der Waals surface area (Å²) in [6.07, 6.45) is 3.87. The number of carboxylic acid groups (broad SMARTS) is 1. The van der Waals surface area contributed by atoms with Crippen molar-refractivity contribution in [2.45, 2.75) is 25.3 Å². The molecular formula is C13H16N2O2. The molecule has 0 radical (unpaired) electrons. The molecule has 4 heteroatoms. The number of nitrogens with two attached hydrogens (primary N) is 1. The van der Waals surface area contributed by atoms with E-state index in [-0.39, 0.29) is 5.56 Å². The van der Waals surface area contributed by atoms with Crippen molar-refractivity contribution in [3.05, 3.63) is 23.8 Å². The number of nitrogens with zero attached hydrogens (tertiary/aromatic N) is 1. The van der Waals surface area contributed by atoms with E-state index in [4.69, 9.17) is 10.8 Å². The third-order valence-corrected chi connectivity index (χ3v) is 4.01. The number of benzene rings is 1. The maximum absolute atomic E-state index is 10.9. The first-order valence-electron chi connectivity index (χ1n) is 6.04. The molecule has 1 aromatic carbocycles. The van der Waals surface area contributed by atoms with Gasteiger partial charge in [0.1, 0.15) is 0 Å². The molecule has 0 spiro atoms. The number of carboxylic acids is 1. The van der Waals surface area contributed by atoms with Crippen molar-refractivity contribution in [2.24, 2.45) is 5.92 Å². The van der Waals surface area contributed by atoms with Crippen molar-refractivity contribution < 1.29 is 9.90 Å². The predicted molar refractivity (Wildman–Crippen MR) is 66.3 cm³/mol. The molecule has 2 unspecified atom stereocenters. The van der Waals surface area contributed by atoms with Crippen molar-refractivity contribution >= 4 is 17.3 Å². The normalized spacial score (nSPS) is 26.5. The Kier molecular flexibility index (Phi) is 2.24. The summed E-state index contributed by atoms with van der Waals surface area (Å²) in [7, 11) is 0. The first-order valence-corrected chi connectivity index (χ1v) is 6.04. The average molecular weight is 232 g/mol. The van der Waals surface area contributed by atoms with Crippen LogP contribution in [0.3, 0.4) is 0 Å². The molecule has 2 atom stereocenters. The molecule has 2 aliphatic rings. The van der Waals surface area contributed by atoms with Gasteiger partial charge in [-0.05, 0) is 43.4 Å². The highest BCUT2D eigenvalue weighted by molar-refractivity contribution is 5.94. The summed E-state index contributed by atoms with van der Waals surface area (Å²) in [6.45, 7) is 1.09. The maximum atomic E-state index is 10.9. The molecule has 0 amide bonds. The molecule has 2 fully saturated rings. The second-order valence-electron chi connectivity index (χ2n) is 5.06. The smallest absolute Gasteiger partial charge is 0.337 e. The van der Waals surface area contributed by atoms with Gasteiger partial charge in [0.15, 0.2) is 0 Å². The zero-order chi connectivity index (χ0) is 12.0. The van der Waals surface area contributed by atoms with Gasteiger partial charge in [-0.15, -0.1) is 0 Å². The van der Waals surface area contributed by atoms with Crippen LogP contribution in [0.1, 0.15) is 29.6 Å². The number of fused-ring (bicyclic) bond motifs is 2. The van der Waals surface area contributed by atoms with E-state index in [0.29, 0.717) is 11.7 Å². The maximum Gasteiger partial charge on any atom is 0.337 e. The van der Waals surface area contributed by atoms with E-state index in [9.17, 15) is 4.79 Å². The summed E-state index contributed by atoms with van der Waals surface area (Å²) in [5.41, 5.74) is 7.40. The monoisotopic (exact) mass is 232 g/mol. The molecule has 1 heterocycles. The van der Waals surface area contributed by atoms with Crippen LogP contribution in [-0.4, -0.2) is 23.7 Å². The summed E-state index contributed by atoms with van der Waals surface area (Å²) in [4.78, 5) is 13.3. The fraction of sp³-hybridized carbons (Fsp3) is 0.462. The lowest BCUT2D eigenvalue weighted by molar-refractivity contribution is 0.0698. The van der Waals surface area contributed by atoms with Crippen LogP contribution in [0.15, 0.2) is 18.2 Å². The van der Waals surface area contributed by atoms with Gasteiger partial charge in [-0.1, -0.05) is 0 Å². The lowest BCUT2D eigenvalue weighted by Crippen LogP contribution is -2.31. The molecule has 1 aliphatic carbocycles. The van der Waals surface area contributed by atoms with Gasteiger partial charge >= 0.3 is 5.97 Å². The largest absolute Gasteiger partial charge is 0.478 e. The Labute approximate surface area is 100 Å². The number of nitrogen functional groups attached to an aromatic ring is 1. The molecule has 17 heavy (non-hydrogen) atoms. The Morgan fingerprint density at radius 2 is 2.24 bits per heavy atom. The van der Waals surface area contributed by atoms with Crippen molar-refractivity contribution in [3.63, 3.8) is 0 Å². The Bertz CT molecular complexity index is 472. The Hall–Kier alpha value is -1.71. The molecule has 0 aromatic heterocycles. The average Bonchev–Trinajstić information content (AvgIpc) is 2.89. The van der Waals surface area contributed by atoms with Gasteiger partial charge in [-0.2, -0.15) is 0 Å². The summed E-state index contributed by atoms with van der Waals surface area (Å²) in [5.74, 6) is -0.141. The number of hydrogen-bond donors (Lipinski definition) is 2. The summed E-state index contributed by atoms with van der Waals surface area (Å²) >= 11 is 0. The molecule has 3 N–H and O–H groups in total. The molecule has 2 bridgehead atoms. The van der Waals surface area contributed by atoms with E-state index in [2.05, 4.69) is 4.90 Å². The van der Waals surface area contributed by atoms with Crippen LogP contribution in [0.2, 0.25) is 0 Å². The van der Waals surface area contributed by atoms with Gasteiger partial charge in [0.05, 0.1) is 5.56 Å². The molecule has 4 nitrogen and oxygen atoms in total. The van der Waals surface area contributed by atoms with Gasteiger partial charge in [0.2, 0.25) is 0 Å². The number of piperidine rings is 1. The SMILES string of the molecule is Nc1cc(N2CC3CCC2C3)ccc1C(=O)O. The molecule has 3 rings (SSSR count). The van der Waals surface area contributed by atoms with Crippen LogP contribution < -0.4 is 10.6 Å². The summed E-state index contributed by atoms with van der Waals surface area (Å²) in [5, 5.41) is 8.93. The van der Waals surface area contributed by atoms with Crippen LogP contribution in [-0.2, 0) is 0 Å². The lowest BCUT2D eigenvalue weighted by atomic mass is 10.1. The van der Waals surface area contributed by atoms with Crippen LogP contribution in [0, 0.1) is 5.92 Å². The second kappa shape index (κ2) is 3.65. The van der Waals surface area contributed by atoms with E-state index in [1.165, 1.54) is 19.3 Å². The molecule has 1 saturated heterocycles. The van der Waals surface area contributed by atoms with Crippen molar-refractivity contribution in [1.82, 2.24) is 0 Å². The highest BCUT2D eigenvalue weighted by Crippen LogP contribution is 2.40. The van der Waals surface area contributed by atoms with E-state index in [1.54, 1.807) is 12.1 Å². The molecular weight excluding hydrogens is 216 g/mol. The van der Waals surface area contributed by atoms with Gasteiger partial charge in [0, 0.05) is 24.0 Å². The van der Waals surface area contributed by atoms with Crippen LogP contribution in [0.4, 0.5) is 11.4 Å². The van der Waals surface area contributed by atoms with E-state index in [0.717, 1.165) is 18.2 Å². The highest BCUT2D eigenvalue weighted by Gasteiger charge is 2.37. The minimum absolute atomic E-state index is 0.193. The molecule has 1 aliphatic heterocycles. The minimum atomic E-state index is -0.961. The summed E-state index contributed by atoms with van der Waals surface area (Å²) < 4.78 is 0. The van der Waals surface area contributed by atoms with Crippen molar-refractivity contribution in [2.75, 3.05) is 17.2 Å². The molecule has 1 saturated carbocycles. The van der Waals surface area contributed by atoms with Crippen LogP contribution in [0.5, 0.6) is 0 Å². The van der Waals surface area contributed by atoms with Gasteiger partial charge < -0.3 is 15.7 Å². The third kappa shape index (κ3) is 1.64. The van der Waals surface area contributed by atoms with Crippen LogP contribution >= 0.6 is 0 Å². The number of hydrogen-bond acceptors (Lipinski definition) is 3. The fourth-order valence-electron chi connectivity index (χ4n) is 3.16. The van der Waals surface area contributed by atoms with E-state index >= 15 is 0 Å². The van der Waals surface area contributed by atoms with Gasteiger partial charge in [0.25, 0.3) is 0 Å². The number of carbonyl (C=O) groups is 1. The zero-order valence-corrected chi connectivity index (χ0v) is 9.60. The van der Waals surface area contributed by atoms with Crippen molar-refractivity contribution in [1.29, 1.82) is 0 Å². The fourth-order valence-corrected chi connectivity index (χ4v) is 3.16. The van der Waals surface area contributed by atoms with E-state index < -0.39 is 5.97 Å². The summed E-state index contributed by atoms with van der Waals surface area (Å²) in [6, 6.07) is 5.92. The first-order chi connectivity index (χ1) is 8.15. The van der Waals surface area contributed by atoms with E-state index in [1.807, 2.05) is 6.07 Å². The second-order valence-corrected chi connectivity index (χ2v) is 5.06. The van der Waals surface area contributed by atoms with Gasteiger partial charge in [-0.25, -0.2) is 4.79 Å². The highest BCUT2D eigenvalue weighted by atomic mass is 16.4. The zero-order valence-electron chi connectivity index (χ0n) is 9.60. The topological polar surface area (TPSA) is 66.6 Å². The third-order valence-electron chi connectivity index (χ3n) is 4.01. The Balaban J connectivity index is 1.89. The first kappa shape index (κ1) is 10.4. The predicted octanol–water partition coefficient (Wildman–Crippen LogP) is 1.96.